The molecule has 0 radical (unpaired) electrons. The molecule has 4 aliphatic heterocycles. The molecule has 460 valence electrons. The van der Waals surface area contributed by atoms with Gasteiger partial charge in [-0.3, -0.25) is 38.8 Å². The van der Waals surface area contributed by atoms with Crippen LogP contribution in [0.4, 0.5) is 28.9 Å². The van der Waals surface area contributed by atoms with Gasteiger partial charge >= 0.3 is 13.2 Å². The largest absolute Gasteiger partial charge is 0.434 e. The number of piperidine rings is 2. The number of H-pyrrole nitrogens is 1. The van der Waals surface area contributed by atoms with Gasteiger partial charge in [0.2, 0.25) is 11.8 Å². The van der Waals surface area contributed by atoms with Crippen molar-refractivity contribution in [3.8, 4) is 34.0 Å². The Morgan fingerprint density at radius 2 is 1.13 bits per heavy atom. The molecule has 4 saturated heterocycles. The lowest BCUT2D eigenvalue weighted by atomic mass is 10.0. The number of aromatic nitrogens is 10. The molecule has 24 nitrogen and oxygen atoms in total. The number of aromatic amines is 1. The number of morpholine rings is 2. The Labute approximate surface area is 513 Å². The van der Waals surface area contributed by atoms with Crippen LogP contribution in [0.25, 0.3) is 33.8 Å². The second kappa shape index (κ2) is 29.3. The van der Waals surface area contributed by atoms with Crippen LogP contribution < -0.4 is 20.1 Å². The van der Waals surface area contributed by atoms with E-state index in [0.717, 1.165) is 91.4 Å². The van der Waals surface area contributed by atoms with Gasteiger partial charge < -0.3 is 39.4 Å². The predicted molar refractivity (Wildman–Crippen MR) is 315 cm³/mol. The normalized spacial score (nSPS) is 16.3. The highest BCUT2D eigenvalue weighted by atomic mass is 79.9. The lowest BCUT2D eigenvalue weighted by molar-refractivity contribution is -0.134. The van der Waals surface area contributed by atoms with Gasteiger partial charge in [0.25, 0.3) is 11.8 Å². The van der Waals surface area contributed by atoms with Crippen LogP contribution in [0.2, 0.25) is 10.0 Å². The van der Waals surface area contributed by atoms with Crippen molar-refractivity contribution >= 4 is 85.4 Å². The van der Waals surface area contributed by atoms with E-state index in [1.54, 1.807) is 29.2 Å². The second-order valence-corrected chi connectivity index (χ2v) is 21.7. The summed E-state index contributed by atoms with van der Waals surface area (Å²) in [7, 11) is 0. The Bertz CT molecular complexity index is 3660. The van der Waals surface area contributed by atoms with Crippen molar-refractivity contribution in [1.29, 1.82) is 0 Å². The lowest BCUT2D eigenvalue weighted by Gasteiger charge is -2.40. The number of hydrogen-bond acceptors (Lipinski definition) is 16. The first-order valence-electron chi connectivity index (χ1n) is 27.7. The van der Waals surface area contributed by atoms with E-state index < -0.39 is 25.0 Å². The summed E-state index contributed by atoms with van der Waals surface area (Å²) in [5.41, 5.74) is 2.42. The number of rotatable bonds is 15. The molecule has 0 atom stereocenters. The smallest absolute Gasteiger partial charge is 0.387 e. The number of anilines is 2. The van der Waals surface area contributed by atoms with Crippen LogP contribution in [0, 0.1) is 0 Å². The molecule has 12 rings (SSSR count). The van der Waals surface area contributed by atoms with E-state index in [2.05, 4.69) is 76.6 Å². The van der Waals surface area contributed by atoms with Crippen LogP contribution in [0.1, 0.15) is 46.7 Å². The van der Waals surface area contributed by atoms with Crippen molar-refractivity contribution in [2.45, 2.75) is 57.5 Å². The zero-order valence-electron chi connectivity index (χ0n) is 46.5. The molecule has 31 heteroatoms. The van der Waals surface area contributed by atoms with E-state index in [-0.39, 0.29) is 80.2 Å². The summed E-state index contributed by atoms with van der Waals surface area (Å²) in [4.78, 5) is 67.8. The van der Waals surface area contributed by atoms with Gasteiger partial charge in [-0.05, 0) is 86.3 Å². The van der Waals surface area contributed by atoms with Crippen LogP contribution in [0.3, 0.4) is 0 Å². The topological polar surface area (TPSA) is 249 Å². The van der Waals surface area contributed by atoms with Crippen LogP contribution >= 0.6 is 39.1 Å². The van der Waals surface area contributed by atoms with E-state index in [9.17, 15) is 36.7 Å². The third kappa shape index (κ3) is 15.7. The molecule has 0 saturated carbocycles. The number of imidazole rings is 2. The van der Waals surface area contributed by atoms with Gasteiger partial charge in [0.15, 0.2) is 22.7 Å². The Morgan fingerprint density at radius 3 is 1.63 bits per heavy atom. The lowest BCUT2D eigenvalue weighted by Crippen LogP contribution is -2.50. The molecule has 87 heavy (non-hydrogen) atoms. The number of carbonyl (C=O) groups is 4. The summed E-state index contributed by atoms with van der Waals surface area (Å²) in [6, 6.07) is 16.1. The molecule has 4 fully saturated rings. The third-order valence-corrected chi connectivity index (χ3v) is 15.9. The van der Waals surface area contributed by atoms with Crippen molar-refractivity contribution in [2.75, 3.05) is 94.7 Å². The van der Waals surface area contributed by atoms with Crippen LogP contribution in [-0.4, -0.2) is 202 Å². The van der Waals surface area contributed by atoms with E-state index >= 15 is 0 Å². The number of ether oxygens (including phenoxy) is 4. The number of fused-ring (bicyclic) bond motifs is 2. The fourth-order valence-electron chi connectivity index (χ4n) is 10.7. The summed E-state index contributed by atoms with van der Waals surface area (Å²) in [6.45, 7) is 3.87. The number of nitrogens with zero attached hydrogens (tertiary/aromatic N) is 13. The van der Waals surface area contributed by atoms with Gasteiger partial charge in [0.05, 0.1) is 67.4 Å². The molecule has 6 aromatic heterocycles. The Hall–Kier alpha value is -7.80. The van der Waals surface area contributed by atoms with Gasteiger partial charge in [-0.2, -0.15) is 38.0 Å². The SMILES string of the molecule is O=C(CBr)N1CCC(N2CCOCC2)CC1.O=C(Nc1cn(CC(=O)N2CCC(N3CCOCC3)CC2)nc1-c1cc(Cl)ccc1OC(F)F)c1cnc2cccnn12.O=C(Nc1cn[nH]c1-c1cc(Cl)ccc1OC(F)F)c1cnc2cccnn12. The fourth-order valence-corrected chi connectivity index (χ4v) is 11.4. The minimum Gasteiger partial charge on any atom is -0.434 e. The third-order valence-electron chi connectivity index (χ3n) is 14.9. The van der Waals surface area contributed by atoms with Crippen LogP contribution in [0.5, 0.6) is 11.5 Å². The Kier molecular flexibility index (Phi) is 20.9. The van der Waals surface area contributed by atoms with Gasteiger partial charge in [0, 0.05) is 104 Å². The number of likely N-dealkylation sites (tertiary alicyclic amines) is 2. The maximum atomic E-state index is 13.3. The molecular formula is C56H59BrCl2F4N16O8. The summed E-state index contributed by atoms with van der Waals surface area (Å²) in [5, 5.41) is 25.7. The number of benzene rings is 2. The van der Waals surface area contributed by atoms with Crippen molar-refractivity contribution in [3.05, 3.63) is 119 Å². The van der Waals surface area contributed by atoms with Crippen molar-refractivity contribution in [1.82, 2.24) is 68.8 Å². The maximum absolute atomic E-state index is 13.3. The standard InChI is InChI=1S/C28H29ClF2N8O4.C17H11ClF2N6O2.C11H19BrN2O2/c29-18-3-4-23(43-28(30)31)20(14-18)26-21(34-27(41)22-15-32-24-2-1-7-33-39(22)24)16-38(35-26)17-25(40)37-8-5-19(6-9-37)36-10-12-42-13-11-36;18-9-3-4-13(28-17(19)20)10(6-9)15-11(7-22-25-15)24-16(27)12-8-21-14-2-1-5-23-26(12)14;12-9-11(15)14-3-1-10(2-4-14)13-5-7-16-8-6-13/h1-4,7,14-16,19,28H,5-6,8-13,17H2,(H,34,41);1-8,17H,(H,22,25)(H,24,27);10H,1-9H2. The van der Waals surface area contributed by atoms with Crippen LogP contribution in [-0.2, 0) is 25.6 Å². The van der Waals surface area contributed by atoms with E-state index in [1.807, 2.05) is 4.90 Å². The number of hydrogen-bond donors (Lipinski definition) is 3. The number of nitrogens with one attached hydrogen (secondary N) is 3. The highest BCUT2D eigenvalue weighted by molar-refractivity contribution is 9.09. The number of halogens is 7. The molecule has 4 aliphatic rings. The molecule has 2 aromatic carbocycles. The quantitative estimate of drug-likeness (QED) is 0.0655. The minimum atomic E-state index is -3.11. The zero-order chi connectivity index (χ0) is 61.0. The molecule has 0 aliphatic carbocycles. The Morgan fingerprint density at radius 1 is 0.644 bits per heavy atom. The maximum Gasteiger partial charge on any atom is 0.387 e. The average Bonchev–Trinajstić information content (AvgIpc) is 2.87. The van der Waals surface area contributed by atoms with E-state index in [1.165, 1.54) is 87.3 Å². The molecular weight excluding hydrogens is 1250 g/mol. The molecule has 10 heterocycles. The molecule has 3 N–H and O–H groups in total. The first-order valence-corrected chi connectivity index (χ1v) is 29.6. The van der Waals surface area contributed by atoms with Crippen molar-refractivity contribution < 1.29 is 55.7 Å². The molecule has 8 aromatic rings. The highest BCUT2D eigenvalue weighted by Crippen LogP contribution is 2.39. The summed E-state index contributed by atoms with van der Waals surface area (Å²) >= 11 is 15.4. The average molecular weight is 1310 g/mol. The van der Waals surface area contributed by atoms with E-state index in [4.69, 9.17) is 37.4 Å². The van der Waals surface area contributed by atoms with Crippen molar-refractivity contribution in [3.63, 3.8) is 0 Å². The second-order valence-electron chi connectivity index (χ2n) is 20.2. The molecule has 0 unspecified atom stereocenters. The van der Waals surface area contributed by atoms with Gasteiger partial charge in [0.1, 0.15) is 23.7 Å². The summed E-state index contributed by atoms with van der Waals surface area (Å²) in [6.07, 6.45) is 12.6. The first kappa shape index (κ1) is 62.3. The summed E-state index contributed by atoms with van der Waals surface area (Å²) < 4.78 is 76.2. The summed E-state index contributed by atoms with van der Waals surface area (Å²) in [5.74, 6) is -1.30. The van der Waals surface area contributed by atoms with Crippen molar-refractivity contribution in [2.24, 2.45) is 0 Å². The van der Waals surface area contributed by atoms with Gasteiger partial charge in [-0.1, -0.05) is 39.1 Å². The van der Waals surface area contributed by atoms with Gasteiger partial charge in [-0.25, -0.2) is 19.0 Å². The number of carbonyl (C=O) groups excluding carboxylic acids is 4. The predicted octanol–water partition coefficient (Wildman–Crippen LogP) is 7.75. The molecule has 0 spiro atoms. The monoisotopic (exact) mass is 1310 g/mol. The Balaban J connectivity index is 0.000000162. The van der Waals surface area contributed by atoms with Gasteiger partial charge in [-0.15, -0.1) is 0 Å². The molecule has 4 amide bonds. The van der Waals surface area contributed by atoms with Crippen LogP contribution in [0.15, 0.2) is 97.8 Å². The minimum absolute atomic E-state index is 0.104. The zero-order valence-corrected chi connectivity index (χ0v) is 49.6. The first-order chi connectivity index (χ1) is 42.2. The highest BCUT2D eigenvalue weighted by Gasteiger charge is 2.31. The fraction of sp³-hybridized carbons (Fsp3) is 0.393. The molecule has 0 bridgehead atoms. The van der Waals surface area contributed by atoms with E-state index in [0.29, 0.717) is 46.8 Å². The number of alkyl halides is 5. The number of amides is 4.